The van der Waals surface area contributed by atoms with E-state index in [1.165, 1.54) is 23.4 Å². The highest BCUT2D eigenvalue weighted by atomic mass is 32.2. The molecule has 0 aromatic heterocycles. The molecular weight excluding hydrogens is 342 g/mol. The van der Waals surface area contributed by atoms with Gasteiger partial charge in [0.25, 0.3) is 0 Å². The van der Waals surface area contributed by atoms with Gasteiger partial charge < -0.3 is 5.73 Å². The zero-order chi connectivity index (χ0) is 18.2. The first kappa shape index (κ1) is 18.0. The van der Waals surface area contributed by atoms with Gasteiger partial charge >= 0.3 is 0 Å². The summed E-state index contributed by atoms with van der Waals surface area (Å²) >= 11 is 0. The molecule has 0 bridgehead atoms. The number of benzene rings is 1. The van der Waals surface area contributed by atoms with Gasteiger partial charge in [-0.15, -0.1) is 0 Å². The largest absolute Gasteiger partial charge is 0.369 e. The van der Waals surface area contributed by atoms with Crippen LogP contribution < -0.4 is 5.73 Å². The summed E-state index contributed by atoms with van der Waals surface area (Å²) < 4.78 is 26.8. The summed E-state index contributed by atoms with van der Waals surface area (Å²) in [6.45, 7) is 3.83. The van der Waals surface area contributed by atoms with E-state index in [2.05, 4.69) is 4.90 Å². The van der Waals surface area contributed by atoms with Gasteiger partial charge in [0.15, 0.2) is 5.78 Å². The lowest BCUT2D eigenvalue weighted by Gasteiger charge is -2.46. The molecule has 3 rings (SSSR count). The molecule has 0 aliphatic carbocycles. The molecule has 1 aromatic carbocycles. The fourth-order valence-electron chi connectivity index (χ4n) is 3.42. The highest BCUT2D eigenvalue weighted by molar-refractivity contribution is 7.89. The van der Waals surface area contributed by atoms with Crippen LogP contribution in [-0.4, -0.2) is 61.5 Å². The Morgan fingerprint density at radius 3 is 2.36 bits per heavy atom. The highest BCUT2D eigenvalue weighted by Crippen LogP contribution is 2.27. The third-order valence-electron chi connectivity index (χ3n) is 5.16. The predicted molar refractivity (Wildman–Crippen MR) is 92.5 cm³/mol. The van der Waals surface area contributed by atoms with Crippen LogP contribution in [0.25, 0.3) is 0 Å². The Morgan fingerprint density at radius 1 is 1.16 bits per heavy atom. The molecule has 2 aliphatic rings. The highest BCUT2D eigenvalue weighted by Gasteiger charge is 2.40. The summed E-state index contributed by atoms with van der Waals surface area (Å²) in [7, 11) is -3.57. The Balaban J connectivity index is 1.61. The zero-order valence-electron chi connectivity index (χ0n) is 14.2. The van der Waals surface area contributed by atoms with Gasteiger partial charge in [0.1, 0.15) is 0 Å². The molecule has 2 heterocycles. The van der Waals surface area contributed by atoms with Crippen molar-refractivity contribution in [3.63, 3.8) is 0 Å². The summed E-state index contributed by atoms with van der Waals surface area (Å²) in [5.74, 6) is -0.468. The molecule has 25 heavy (non-hydrogen) atoms. The van der Waals surface area contributed by atoms with Crippen molar-refractivity contribution in [1.82, 2.24) is 9.21 Å². The molecule has 0 unspecified atom stereocenters. The second-order valence-corrected chi connectivity index (χ2v) is 8.71. The molecular formula is C17H23N3O4S. The van der Waals surface area contributed by atoms with Gasteiger partial charge in [-0.1, -0.05) is 12.1 Å². The number of sulfonamides is 1. The predicted octanol–water partition coefficient (Wildman–Crippen LogP) is 0.459. The summed E-state index contributed by atoms with van der Waals surface area (Å²) in [5.41, 5.74) is 5.74. The van der Waals surface area contributed by atoms with E-state index in [0.717, 1.165) is 25.9 Å². The Bertz CT molecular complexity index is 779. The molecule has 8 heteroatoms. The second-order valence-electron chi connectivity index (χ2n) is 6.77. The van der Waals surface area contributed by atoms with Gasteiger partial charge in [0, 0.05) is 30.6 Å². The maximum Gasteiger partial charge on any atom is 0.243 e. The van der Waals surface area contributed by atoms with Crippen molar-refractivity contribution in [2.45, 2.75) is 30.7 Å². The lowest BCUT2D eigenvalue weighted by molar-refractivity contribution is -0.123. The number of Topliss-reactive ketones (excluding diaryl/α,β-unsaturated/α-hetero) is 1. The first-order valence-corrected chi connectivity index (χ1v) is 9.87. The fourth-order valence-corrected chi connectivity index (χ4v) is 4.98. The van der Waals surface area contributed by atoms with E-state index in [9.17, 15) is 18.0 Å². The average Bonchev–Trinajstić information content (AvgIpc) is 2.54. The Kier molecular flexibility index (Phi) is 4.95. The number of nitrogens with zero attached hydrogens (tertiary/aromatic N) is 2. The standard InChI is InChI=1S/C17H23N3O4S/c1-12(21)14-3-2-4-16(9-14)25(23,24)20-10-15(11-20)19-7-5-13(6-8-19)17(18)22/h2-4,9,13,15H,5-8,10-11H2,1H3,(H2,18,22). The minimum absolute atomic E-state index is 0.0644. The molecule has 136 valence electrons. The molecule has 7 nitrogen and oxygen atoms in total. The van der Waals surface area contributed by atoms with Gasteiger partial charge in [0.05, 0.1) is 4.90 Å². The van der Waals surface area contributed by atoms with Crippen LogP contribution >= 0.6 is 0 Å². The molecule has 2 saturated heterocycles. The molecule has 2 fully saturated rings. The maximum absolute atomic E-state index is 12.7. The number of rotatable bonds is 5. The summed E-state index contributed by atoms with van der Waals surface area (Å²) in [6.07, 6.45) is 1.47. The number of hydrogen-bond acceptors (Lipinski definition) is 5. The number of hydrogen-bond donors (Lipinski definition) is 1. The van der Waals surface area contributed by atoms with Crippen LogP contribution in [0.5, 0.6) is 0 Å². The van der Waals surface area contributed by atoms with Crippen molar-refractivity contribution in [2.24, 2.45) is 11.7 Å². The quantitative estimate of drug-likeness (QED) is 0.764. The van der Waals surface area contributed by atoms with Crippen molar-refractivity contribution in [3.05, 3.63) is 29.8 Å². The van der Waals surface area contributed by atoms with Crippen LogP contribution in [0, 0.1) is 5.92 Å². The SMILES string of the molecule is CC(=O)c1cccc(S(=O)(=O)N2CC(N3CCC(C(N)=O)CC3)C2)c1. The number of primary amides is 1. The number of carbonyl (C=O) groups excluding carboxylic acids is 2. The fraction of sp³-hybridized carbons (Fsp3) is 0.529. The van der Waals surface area contributed by atoms with Gasteiger partial charge in [-0.3, -0.25) is 14.5 Å². The zero-order valence-corrected chi connectivity index (χ0v) is 15.0. The van der Waals surface area contributed by atoms with Crippen molar-refractivity contribution in [2.75, 3.05) is 26.2 Å². The van der Waals surface area contributed by atoms with E-state index in [1.807, 2.05) is 0 Å². The van der Waals surface area contributed by atoms with Gasteiger partial charge in [-0.05, 0) is 45.0 Å². The van der Waals surface area contributed by atoms with Crippen LogP contribution in [0.15, 0.2) is 29.2 Å². The topological polar surface area (TPSA) is 101 Å². The maximum atomic E-state index is 12.7. The van der Waals surface area contributed by atoms with Gasteiger partial charge in [0.2, 0.25) is 15.9 Å². The summed E-state index contributed by atoms with van der Waals surface area (Å²) in [6, 6.07) is 6.34. The lowest BCUT2D eigenvalue weighted by atomic mass is 9.94. The lowest BCUT2D eigenvalue weighted by Crippen LogP contribution is -2.62. The van der Waals surface area contributed by atoms with Crippen LogP contribution in [0.3, 0.4) is 0 Å². The van der Waals surface area contributed by atoms with Crippen molar-refractivity contribution in [3.8, 4) is 0 Å². The first-order chi connectivity index (χ1) is 11.8. The molecule has 0 saturated carbocycles. The van der Waals surface area contributed by atoms with Crippen LogP contribution in [-0.2, 0) is 14.8 Å². The van der Waals surface area contributed by atoms with Crippen molar-refractivity contribution >= 4 is 21.7 Å². The summed E-state index contributed by atoms with van der Waals surface area (Å²) in [4.78, 5) is 25.1. The number of amides is 1. The minimum Gasteiger partial charge on any atom is -0.369 e. The first-order valence-electron chi connectivity index (χ1n) is 8.43. The molecule has 1 amide bonds. The molecule has 0 atom stereocenters. The molecule has 2 aliphatic heterocycles. The van der Waals surface area contributed by atoms with Gasteiger partial charge in [-0.25, -0.2) is 8.42 Å². The van der Waals surface area contributed by atoms with E-state index in [-0.39, 0.29) is 28.5 Å². The molecule has 0 radical (unpaired) electrons. The molecule has 1 aromatic rings. The monoisotopic (exact) mass is 365 g/mol. The van der Waals surface area contributed by atoms with Crippen LogP contribution in [0.2, 0.25) is 0 Å². The van der Waals surface area contributed by atoms with Crippen LogP contribution in [0.4, 0.5) is 0 Å². The van der Waals surface area contributed by atoms with E-state index < -0.39 is 10.0 Å². The normalized spacial score (nSPS) is 21.0. The minimum atomic E-state index is -3.57. The van der Waals surface area contributed by atoms with Crippen molar-refractivity contribution < 1.29 is 18.0 Å². The molecule has 2 N–H and O–H groups in total. The number of nitrogens with two attached hydrogens (primary N) is 1. The van der Waals surface area contributed by atoms with E-state index in [4.69, 9.17) is 5.73 Å². The third kappa shape index (κ3) is 3.61. The van der Waals surface area contributed by atoms with Crippen molar-refractivity contribution in [1.29, 1.82) is 0 Å². The second kappa shape index (κ2) is 6.86. The number of ketones is 1. The number of likely N-dealkylation sites (tertiary alicyclic amines) is 1. The smallest absolute Gasteiger partial charge is 0.243 e. The Labute approximate surface area is 147 Å². The number of piperidine rings is 1. The number of carbonyl (C=O) groups is 2. The van der Waals surface area contributed by atoms with E-state index >= 15 is 0 Å². The Morgan fingerprint density at radius 2 is 1.80 bits per heavy atom. The van der Waals surface area contributed by atoms with Gasteiger partial charge in [-0.2, -0.15) is 4.31 Å². The van der Waals surface area contributed by atoms with E-state index in [0.29, 0.717) is 18.7 Å². The van der Waals surface area contributed by atoms with Crippen LogP contribution in [0.1, 0.15) is 30.1 Å². The Hall–Kier alpha value is -1.77. The third-order valence-corrected chi connectivity index (χ3v) is 6.98. The summed E-state index contributed by atoms with van der Waals surface area (Å²) in [5, 5.41) is 0. The average molecular weight is 365 g/mol. The van der Waals surface area contributed by atoms with E-state index in [1.54, 1.807) is 12.1 Å². The molecule has 0 spiro atoms.